The van der Waals surface area contributed by atoms with Crippen LogP contribution in [-0.4, -0.2) is 16.2 Å². The maximum Gasteiger partial charge on any atom is 0.120 e. The number of aromatic nitrogens is 2. The molecule has 0 aliphatic rings. The highest BCUT2D eigenvalue weighted by molar-refractivity contribution is 9.10. The van der Waals surface area contributed by atoms with Gasteiger partial charge in [0.05, 0.1) is 12.9 Å². The third-order valence-electron chi connectivity index (χ3n) is 2.25. The molecule has 1 aromatic carbocycles. The molecule has 0 fully saturated rings. The van der Waals surface area contributed by atoms with Gasteiger partial charge in [-0.2, -0.15) is 0 Å². The Balaban J connectivity index is 2.16. The number of halogens is 1. The van der Waals surface area contributed by atoms with E-state index in [2.05, 4.69) is 27.0 Å². The van der Waals surface area contributed by atoms with E-state index in [1.54, 1.807) is 6.20 Å². The van der Waals surface area contributed by atoms with Gasteiger partial charge in [-0.25, -0.2) is 4.98 Å². The van der Waals surface area contributed by atoms with Gasteiger partial charge in [0.1, 0.15) is 5.75 Å². The van der Waals surface area contributed by atoms with Crippen LogP contribution in [-0.2, 0) is 6.54 Å². The molecule has 0 aliphatic heterocycles. The molecule has 2 rings (SSSR count). The largest absolute Gasteiger partial charge is 0.494 e. The lowest BCUT2D eigenvalue weighted by Gasteiger charge is -2.08. The fourth-order valence-corrected chi connectivity index (χ4v) is 1.97. The van der Waals surface area contributed by atoms with Crippen molar-refractivity contribution in [3.8, 4) is 5.75 Å². The molecular formula is C12H13BrN2O. The predicted octanol–water partition coefficient (Wildman–Crippen LogP) is 3.09. The Morgan fingerprint density at radius 3 is 2.94 bits per heavy atom. The zero-order chi connectivity index (χ0) is 11.4. The van der Waals surface area contributed by atoms with Crippen LogP contribution in [0.15, 0.2) is 41.4 Å². The molecule has 16 heavy (non-hydrogen) atoms. The lowest BCUT2D eigenvalue weighted by Crippen LogP contribution is -1.98. The first-order valence-corrected chi connectivity index (χ1v) is 5.96. The molecule has 0 N–H and O–H groups in total. The Labute approximate surface area is 103 Å². The van der Waals surface area contributed by atoms with Gasteiger partial charge < -0.3 is 9.30 Å². The molecule has 0 unspecified atom stereocenters. The molecule has 0 aliphatic carbocycles. The molecule has 0 saturated heterocycles. The van der Waals surface area contributed by atoms with Crippen molar-refractivity contribution >= 4 is 15.9 Å². The van der Waals surface area contributed by atoms with Crippen LogP contribution in [0.1, 0.15) is 12.5 Å². The molecule has 0 spiro atoms. The summed E-state index contributed by atoms with van der Waals surface area (Å²) in [5.41, 5.74) is 1.21. The first kappa shape index (κ1) is 11.2. The second-order valence-corrected chi connectivity index (χ2v) is 4.28. The zero-order valence-electron chi connectivity index (χ0n) is 9.06. The van der Waals surface area contributed by atoms with E-state index in [9.17, 15) is 0 Å². The normalized spacial score (nSPS) is 10.4. The summed E-state index contributed by atoms with van der Waals surface area (Å²) >= 11 is 3.55. The molecule has 0 saturated carbocycles. The van der Waals surface area contributed by atoms with Crippen LogP contribution < -0.4 is 4.74 Å². The van der Waals surface area contributed by atoms with Crippen LogP contribution in [0.4, 0.5) is 0 Å². The standard InChI is InChI=1S/C12H13BrN2O/c1-2-16-11-4-3-10(12(13)7-11)8-15-6-5-14-9-15/h3-7,9H,2,8H2,1H3. The molecule has 0 atom stereocenters. The number of imidazole rings is 1. The van der Waals surface area contributed by atoms with Crippen molar-refractivity contribution in [3.05, 3.63) is 47.0 Å². The molecule has 3 nitrogen and oxygen atoms in total. The van der Waals surface area contributed by atoms with E-state index in [-0.39, 0.29) is 0 Å². The number of ether oxygens (including phenoxy) is 1. The van der Waals surface area contributed by atoms with Crippen molar-refractivity contribution in [3.63, 3.8) is 0 Å². The number of benzene rings is 1. The predicted molar refractivity (Wildman–Crippen MR) is 66.6 cm³/mol. The average molecular weight is 281 g/mol. The summed E-state index contributed by atoms with van der Waals surface area (Å²) in [5.74, 6) is 0.892. The van der Waals surface area contributed by atoms with Gasteiger partial charge in [-0.05, 0) is 24.6 Å². The Morgan fingerprint density at radius 1 is 1.44 bits per heavy atom. The molecule has 0 bridgehead atoms. The minimum atomic E-state index is 0.688. The van der Waals surface area contributed by atoms with Crippen molar-refractivity contribution in [1.29, 1.82) is 0 Å². The third-order valence-corrected chi connectivity index (χ3v) is 2.99. The van der Waals surface area contributed by atoms with E-state index in [4.69, 9.17) is 4.74 Å². The van der Waals surface area contributed by atoms with E-state index in [0.29, 0.717) is 6.61 Å². The minimum absolute atomic E-state index is 0.688. The fraction of sp³-hybridized carbons (Fsp3) is 0.250. The highest BCUT2D eigenvalue weighted by atomic mass is 79.9. The maximum atomic E-state index is 5.43. The second-order valence-electron chi connectivity index (χ2n) is 3.42. The molecule has 0 radical (unpaired) electrons. The Kier molecular flexibility index (Phi) is 3.62. The molecule has 0 amide bonds. The van der Waals surface area contributed by atoms with Gasteiger partial charge in [0.2, 0.25) is 0 Å². The van der Waals surface area contributed by atoms with Gasteiger partial charge >= 0.3 is 0 Å². The summed E-state index contributed by atoms with van der Waals surface area (Å²) < 4.78 is 8.52. The quantitative estimate of drug-likeness (QED) is 0.861. The molecule has 84 valence electrons. The monoisotopic (exact) mass is 280 g/mol. The van der Waals surface area contributed by atoms with Crippen molar-refractivity contribution in [2.75, 3.05) is 6.61 Å². The van der Waals surface area contributed by atoms with Crippen LogP contribution in [0.25, 0.3) is 0 Å². The minimum Gasteiger partial charge on any atom is -0.494 e. The lowest BCUT2D eigenvalue weighted by atomic mass is 10.2. The van der Waals surface area contributed by atoms with Crippen LogP contribution in [0.3, 0.4) is 0 Å². The number of nitrogens with zero attached hydrogens (tertiary/aromatic N) is 2. The lowest BCUT2D eigenvalue weighted by molar-refractivity contribution is 0.340. The average Bonchev–Trinajstić information content (AvgIpc) is 2.75. The van der Waals surface area contributed by atoms with Gasteiger partial charge in [0.25, 0.3) is 0 Å². The van der Waals surface area contributed by atoms with E-state index in [0.717, 1.165) is 16.8 Å². The molecule has 1 heterocycles. The van der Waals surface area contributed by atoms with E-state index in [1.807, 2.05) is 36.1 Å². The Hall–Kier alpha value is -1.29. The van der Waals surface area contributed by atoms with Gasteiger partial charge in [0, 0.05) is 23.4 Å². The topological polar surface area (TPSA) is 27.1 Å². The number of hydrogen-bond acceptors (Lipinski definition) is 2. The smallest absolute Gasteiger partial charge is 0.120 e. The molecule has 2 aromatic rings. The fourth-order valence-electron chi connectivity index (χ4n) is 1.49. The maximum absolute atomic E-state index is 5.43. The molecule has 1 aromatic heterocycles. The van der Waals surface area contributed by atoms with Crippen LogP contribution in [0.5, 0.6) is 5.75 Å². The summed E-state index contributed by atoms with van der Waals surface area (Å²) in [5, 5.41) is 0. The summed E-state index contributed by atoms with van der Waals surface area (Å²) in [6.45, 7) is 3.48. The van der Waals surface area contributed by atoms with Crippen molar-refractivity contribution in [2.24, 2.45) is 0 Å². The van der Waals surface area contributed by atoms with E-state index >= 15 is 0 Å². The van der Waals surface area contributed by atoms with Gasteiger partial charge in [-0.3, -0.25) is 0 Å². The van der Waals surface area contributed by atoms with E-state index in [1.165, 1.54) is 5.56 Å². The summed E-state index contributed by atoms with van der Waals surface area (Å²) in [7, 11) is 0. The summed E-state index contributed by atoms with van der Waals surface area (Å²) in [6, 6.07) is 6.05. The van der Waals surface area contributed by atoms with Gasteiger partial charge in [-0.1, -0.05) is 22.0 Å². The third kappa shape index (κ3) is 2.64. The van der Waals surface area contributed by atoms with E-state index < -0.39 is 0 Å². The second kappa shape index (κ2) is 5.16. The van der Waals surface area contributed by atoms with Crippen LogP contribution >= 0.6 is 15.9 Å². The van der Waals surface area contributed by atoms with Crippen LogP contribution in [0.2, 0.25) is 0 Å². The number of rotatable bonds is 4. The van der Waals surface area contributed by atoms with Crippen molar-refractivity contribution in [1.82, 2.24) is 9.55 Å². The first-order chi connectivity index (χ1) is 7.79. The summed E-state index contributed by atoms with van der Waals surface area (Å²) in [6.07, 6.45) is 5.54. The Bertz CT molecular complexity index is 454. The highest BCUT2D eigenvalue weighted by Crippen LogP contribution is 2.23. The van der Waals surface area contributed by atoms with Crippen molar-refractivity contribution in [2.45, 2.75) is 13.5 Å². The van der Waals surface area contributed by atoms with Crippen molar-refractivity contribution < 1.29 is 4.74 Å². The van der Waals surface area contributed by atoms with Gasteiger partial charge in [-0.15, -0.1) is 0 Å². The highest BCUT2D eigenvalue weighted by Gasteiger charge is 2.02. The summed E-state index contributed by atoms with van der Waals surface area (Å²) in [4.78, 5) is 4.02. The first-order valence-electron chi connectivity index (χ1n) is 5.16. The SMILES string of the molecule is CCOc1ccc(Cn2ccnc2)c(Br)c1. The molecule has 4 heteroatoms. The molecular weight excluding hydrogens is 268 g/mol. The van der Waals surface area contributed by atoms with Gasteiger partial charge in [0.15, 0.2) is 0 Å². The van der Waals surface area contributed by atoms with Crippen LogP contribution in [0, 0.1) is 0 Å². The Morgan fingerprint density at radius 2 is 2.31 bits per heavy atom. The zero-order valence-corrected chi connectivity index (χ0v) is 10.6. The number of hydrogen-bond donors (Lipinski definition) is 0.